The third-order valence-electron chi connectivity index (χ3n) is 3.79. The summed E-state index contributed by atoms with van der Waals surface area (Å²) in [5.74, 6) is -0.770. The summed E-state index contributed by atoms with van der Waals surface area (Å²) in [5, 5.41) is 13.1. The van der Waals surface area contributed by atoms with E-state index in [0.717, 1.165) is 32.1 Å². The highest BCUT2D eigenvalue weighted by Gasteiger charge is 2.29. The maximum absolute atomic E-state index is 12.0. The molecule has 4 N–H and O–H groups in total. The minimum atomic E-state index is -0.777. The van der Waals surface area contributed by atoms with E-state index in [1.165, 1.54) is 12.1 Å². The van der Waals surface area contributed by atoms with Crippen molar-refractivity contribution in [2.24, 2.45) is 5.73 Å². The predicted molar refractivity (Wildman–Crippen MR) is 75.3 cm³/mol. The normalized spacial score (nSPS) is 17.4. The van der Waals surface area contributed by atoms with Crippen LogP contribution in [0.2, 0.25) is 0 Å². The Morgan fingerprint density at radius 3 is 2.20 bits per heavy atom. The van der Waals surface area contributed by atoms with Crippen LogP contribution in [0.15, 0.2) is 24.3 Å². The average molecular weight is 276 g/mol. The number of carbonyl (C=O) groups excluding carboxylic acids is 2. The Kier molecular flexibility index (Phi) is 4.39. The van der Waals surface area contributed by atoms with Crippen molar-refractivity contribution in [3.8, 4) is 0 Å². The lowest BCUT2D eigenvalue weighted by Crippen LogP contribution is -2.44. The quantitative estimate of drug-likeness (QED) is 0.771. The fourth-order valence-corrected chi connectivity index (χ4v) is 2.52. The maximum Gasteiger partial charge on any atom is 0.251 e. The molecule has 20 heavy (non-hydrogen) atoms. The molecule has 2 amide bonds. The van der Waals surface area contributed by atoms with Gasteiger partial charge in [-0.2, -0.15) is 0 Å². The number of primary amides is 1. The number of rotatable bonds is 4. The molecule has 1 aromatic rings. The van der Waals surface area contributed by atoms with Crippen LogP contribution >= 0.6 is 0 Å². The van der Waals surface area contributed by atoms with Crippen LogP contribution in [0.5, 0.6) is 0 Å². The summed E-state index contributed by atoms with van der Waals surface area (Å²) in [7, 11) is 0. The lowest BCUT2D eigenvalue weighted by molar-refractivity contribution is 0.00525. The predicted octanol–water partition coefficient (Wildman–Crippen LogP) is 1.21. The molecule has 0 aromatic heterocycles. The first kappa shape index (κ1) is 14.5. The molecule has 1 aliphatic carbocycles. The first-order valence-corrected chi connectivity index (χ1v) is 6.91. The second kappa shape index (κ2) is 6.05. The van der Waals surface area contributed by atoms with E-state index in [1.54, 1.807) is 12.1 Å². The van der Waals surface area contributed by atoms with Gasteiger partial charge in [-0.3, -0.25) is 9.59 Å². The highest BCUT2D eigenvalue weighted by molar-refractivity contribution is 5.97. The van der Waals surface area contributed by atoms with Gasteiger partial charge in [-0.05, 0) is 37.1 Å². The van der Waals surface area contributed by atoms with Crippen molar-refractivity contribution in [3.63, 3.8) is 0 Å². The second-order valence-electron chi connectivity index (χ2n) is 5.41. The Morgan fingerprint density at radius 1 is 1.10 bits per heavy atom. The molecule has 0 atom stereocenters. The molecule has 108 valence electrons. The van der Waals surface area contributed by atoms with Gasteiger partial charge in [0, 0.05) is 17.7 Å². The van der Waals surface area contributed by atoms with Crippen molar-refractivity contribution in [3.05, 3.63) is 35.4 Å². The average Bonchev–Trinajstić information content (AvgIpc) is 2.46. The van der Waals surface area contributed by atoms with Crippen LogP contribution in [0.1, 0.15) is 52.8 Å². The van der Waals surface area contributed by atoms with E-state index in [4.69, 9.17) is 5.73 Å². The topological polar surface area (TPSA) is 92.4 Å². The number of amides is 2. The monoisotopic (exact) mass is 276 g/mol. The van der Waals surface area contributed by atoms with Crippen molar-refractivity contribution >= 4 is 11.8 Å². The molecule has 2 rings (SSSR count). The standard InChI is InChI=1S/C15H20N2O3/c16-13(18)11-4-6-12(7-5-11)14(19)17-10-15(20)8-2-1-3-9-15/h4-7,20H,1-3,8-10H2,(H2,16,18)(H,17,19). The number of hydrogen-bond donors (Lipinski definition) is 3. The van der Waals surface area contributed by atoms with Gasteiger partial charge >= 0.3 is 0 Å². The molecule has 1 aliphatic rings. The van der Waals surface area contributed by atoms with Gasteiger partial charge < -0.3 is 16.2 Å². The fraction of sp³-hybridized carbons (Fsp3) is 0.467. The number of carbonyl (C=O) groups is 2. The van der Waals surface area contributed by atoms with E-state index < -0.39 is 11.5 Å². The Morgan fingerprint density at radius 2 is 1.65 bits per heavy atom. The van der Waals surface area contributed by atoms with Crippen molar-refractivity contribution < 1.29 is 14.7 Å². The zero-order valence-electron chi connectivity index (χ0n) is 11.4. The SMILES string of the molecule is NC(=O)c1ccc(C(=O)NCC2(O)CCCCC2)cc1. The summed E-state index contributed by atoms with van der Waals surface area (Å²) in [6, 6.07) is 6.15. The summed E-state index contributed by atoms with van der Waals surface area (Å²) in [4.78, 5) is 22.9. The van der Waals surface area contributed by atoms with Gasteiger partial charge in [-0.1, -0.05) is 19.3 Å². The number of benzene rings is 1. The Hall–Kier alpha value is -1.88. The summed E-state index contributed by atoms with van der Waals surface area (Å²) in [5.41, 5.74) is 5.19. The Balaban J connectivity index is 1.92. The van der Waals surface area contributed by atoms with E-state index in [-0.39, 0.29) is 12.5 Å². The number of aliphatic hydroxyl groups is 1. The van der Waals surface area contributed by atoms with Crippen LogP contribution in [0, 0.1) is 0 Å². The molecule has 0 bridgehead atoms. The molecule has 5 heteroatoms. The van der Waals surface area contributed by atoms with Gasteiger partial charge in [0.15, 0.2) is 0 Å². The van der Waals surface area contributed by atoms with Gasteiger partial charge in [0.25, 0.3) is 5.91 Å². The first-order chi connectivity index (χ1) is 9.50. The molecule has 1 aromatic carbocycles. The molecule has 0 unspecified atom stereocenters. The summed E-state index contributed by atoms with van der Waals surface area (Å²) < 4.78 is 0. The van der Waals surface area contributed by atoms with Gasteiger partial charge in [0.1, 0.15) is 0 Å². The largest absolute Gasteiger partial charge is 0.388 e. The molecule has 1 saturated carbocycles. The van der Waals surface area contributed by atoms with E-state index >= 15 is 0 Å². The minimum Gasteiger partial charge on any atom is -0.388 e. The van der Waals surface area contributed by atoms with E-state index in [1.807, 2.05) is 0 Å². The highest BCUT2D eigenvalue weighted by atomic mass is 16.3. The van der Waals surface area contributed by atoms with Crippen molar-refractivity contribution in [2.75, 3.05) is 6.54 Å². The Bertz CT molecular complexity index is 490. The molecule has 0 radical (unpaired) electrons. The van der Waals surface area contributed by atoms with Crippen molar-refractivity contribution in [1.29, 1.82) is 0 Å². The molecular formula is C15H20N2O3. The number of nitrogens with two attached hydrogens (primary N) is 1. The van der Waals surface area contributed by atoms with Gasteiger partial charge in [-0.15, -0.1) is 0 Å². The van der Waals surface area contributed by atoms with Gasteiger partial charge in [0.05, 0.1) is 5.60 Å². The minimum absolute atomic E-state index is 0.250. The molecule has 1 fully saturated rings. The number of nitrogens with one attached hydrogen (secondary N) is 1. The highest BCUT2D eigenvalue weighted by Crippen LogP contribution is 2.27. The molecule has 0 heterocycles. The summed E-state index contributed by atoms with van der Waals surface area (Å²) in [6.07, 6.45) is 4.60. The molecular weight excluding hydrogens is 256 g/mol. The van der Waals surface area contributed by atoms with Crippen LogP contribution in [-0.4, -0.2) is 29.1 Å². The second-order valence-corrected chi connectivity index (χ2v) is 5.41. The zero-order chi connectivity index (χ0) is 14.6. The summed E-state index contributed by atoms with van der Waals surface area (Å²) >= 11 is 0. The molecule has 5 nitrogen and oxygen atoms in total. The number of hydrogen-bond acceptors (Lipinski definition) is 3. The van der Waals surface area contributed by atoms with Crippen LogP contribution < -0.4 is 11.1 Å². The van der Waals surface area contributed by atoms with Crippen LogP contribution in [0.4, 0.5) is 0 Å². The smallest absolute Gasteiger partial charge is 0.251 e. The third kappa shape index (κ3) is 3.57. The summed E-state index contributed by atoms with van der Waals surface area (Å²) in [6.45, 7) is 0.267. The van der Waals surface area contributed by atoms with E-state index in [0.29, 0.717) is 11.1 Å². The Labute approximate surface area is 118 Å². The van der Waals surface area contributed by atoms with E-state index in [2.05, 4.69) is 5.32 Å². The zero-order valence-corrected chi connectivity index (χ0v) is 11.4. The van der Waals surface area contributed by atoms with Gasteiger partial charge in [0.2, 0.25) is 5.91 Å². The van der Waals surface area contributed by atoms with Crippen molar-refractivity contribution in [1.82, 2.24) is 5.32 Å². The lowest BCUT2D eigenvalue weighted by Gasteiger charge is -2.32. The lowest BCUT2D eigenvalue weighted by atomic mass is 9.85. The van der Waals surface area contributed by atoms with Crippen LogP contribution in [0.3, 0.4) is 0 Å². The van der Waals surface area contributed by atoms with Crippen LogP contribution in [0.25, 0.3) is 0 Å². The first-order valence-electron chi connectivity index (χ1n) is 6.91. The van der Waals surface area contributed by atoms with E-state index in [9.17, 15) is 14.7 Å². The van der Waals surface area contributed by atoms with Crippen molar-refractivity contribution in [2.45, 2.75) is 37.7 Å². The van der Waals surface area contributed by atoms with Gasteiger partial charge in [-0.25, -0.2) is 0 Å². The maximum atomic E-state index is 12.0. The molecule has 0 aliphatic heterocycles. The molecule has 0 spiro atoms. The molecule has 0 saturated heterocycles. The van der Waals surface area contributed by atoms with Crippen LogP contribution in [-0.2, 0) is 0 Å². The third-order valence-corrected chi connectivity index (χ3v) is 3.79. The fourth-order valence-electron chi connectivity index (χ4n) is 2.52.